The largest absolute Gasteiger partial charge is 0.356 e. The molecule has 1 aromatic heterocycles. The molecule has 5 heteroatoms. The zero-order valence-corrected chi connectivity index (χ0v) is 13.0. The fraction of sp³-hybridized carbons (Fsp3) is 0.588. The summed E-state index contributed by atoms with van der Waals surface area (Å²) >= 11 is 0. The van der Waals surface area contributed by atoms with Crippen molar-refractivity contribution in [3.05, 3.63) is 29.6 Å². The molecule has 2 heterocycles. The highest BCUT2D eigenvalue weighted by molar-refractivity contribution is 5.93. The third kappa shape index (κ3) is 3.64. The van der Waals surface area contributed by atoms with Crippen LogP contribution in [0, 0.1) is 18.8 Å². The molecule has 1 saturated carbocycles. The first-order chi connectivity index (χ1) is 10.6. The molecule has 0 radical (unpaired) electrons. The summed E-state index contributed by atoms with van der Waals surface area (Å²) in [5.41, 5.74) is 1.31. The Bertz CT molecular complexity index is 569. The number of hydrogen-bond acceptors (Lipinski definition) is 3. The first kappa shape index (κ1) is 15.0. The van der Waals surface area contributed by atoms with Gasteiger partial charge in [-0.05, 0) is 50.7 Å². The van der Waals surface area contributed by atoms with Crippen LogP contribution in [0.25, 0.3) is 0 Å². The Balaban J connectivity index is 1.59. The van der Waals surface area contributed by atoms with Crippen LogP contribution in [0.2, 0.25) is 0 Å². The number of amides is 2. The number of hydrogen-bond donors (Lipinski definition) is 1. The summed E-state index contributed by atoms with van der Waals surface area (Å²) in [7, 11) is 0. The van der Waals surface area contributed by atoms with Gasteiger partial charge in [0.05, 0.1) is 5.92 Å². The third-order valence-electron chi connectivity index (χ3n) is 4.45. The van der Waals surface area contributed by atoms with E-state index < -0.39 is 0 Å². The maximum atomic E-state index is 12.5. The van der Waals surface area contributed by atoms with Crippen molar-refractivity contribution >= 4 is 11.8 Å². The van der Waals surface area contributed by atoms with E-state index in [4.69, 9.17) is 0 Å². The number of carbonyl (C=O) groups is 2. The number of pyridine rings is 1. The summed E-state index contributed by atoms with van der Waals surface area (Å²) in [6.07, 6.45) is 4.20. The van der Waals surface area contributed by atoms with Crippen molar-refractivity contribution in [1.29, 1.82) is 0 Å². The summed E-state index contributed by atoms with van der Waals surface area (Å²) in [5.74, 6) is 0.632. The summed E-state index contributed by atoms with van der Waals surface area (Å²) in [6.45, 7) is 3.88. The second-order valence-electron chi connectivity index (χ2n) is 6.44. The Morgan fingerprint density at radius 1 is 1.32 bits per heavy atom. The van der Waals surface area contributed by atoms with Crippen molar-refractivity contribution in [3.8, 4) is 0 Å². The van der Waals surface area contributed by atoms with Crippen LogP contribution in [-0.4, -0.2) is 41.3 Å². The predicted octanol–water partition coefficient (Wildman–Crippen LogP) is 1.77. The van der Waals surface area contributed by atoms with Gasteiger partial charge in [-0.1, -0.05) is 6.07 Å². The molecule has 2 fully saturated rings. The number of aryl methyl sites for hydroxylation is 1. The van der Waals surface area contributed by atoms with Gasteiger partial charge >= 0.3 is 0 Å². The van der Waals surface area contributed by atoms with Crippen molar-refractivity contribution in [2.24, 2.45) is 11.8 Å². The fourth-order valence-corrected chi connectivity index (χ4v) is 2.91. The average Bonchev–Trinajstić information content (AvgIpc) is 3.36. The van der Waals surface area contributed by atoms with Gasteiger partial charge < -0.3 is 10.2 Å². The fourth-order valence-electron chi connectivity index (χ4n) is 2.91. The van der Waals surface area contributed by atoms with E-state index in [9.17, 15) is 9.59 Å². The number of carbonyl (C=O) groups excluding carboxylic acids is 2. The quantitative estimate of drug-likeness (QED) is 0.922. The minimum Gasteiger partial charge on any atom is -0.356 e. The van der Waals surface area contributed by atoms with Crippen molar-refractivity contribution in [1.82, 2.24) is 15.2 Å². The lowest BCUT2D eigenvalue weighted by atomic mass is 9.96. The SMILES string of the molecule is Cc1cccc(C(=O)N2CCC[C@@H](C(=O)NCC3CC3)C2)n1. The minimum atomic E-state index is -0.0822. The molecule has 2 amide bonds. The molecular weight excluding hydrogens is 278 g/mol. The number of piperidine rings is 1. The molecule has 1 aromatic rings. The highest BCUT2D eigenvalue weighted by Gasteiger charge is 2.30. The van der Waals surface area contributed by atoms with Crippen LogP contribution in [0.15, 0.2) is 18.2 Å². The molecule has 22 heavy (non-hydrogen) atoms. The van der Waals surface area contributed by atoms with E-state index in [2.05, 4.69) is 10.3 Å². The number of nitrogens with zero attached hydrogens (tertiary/aromatic N) is 2. The van der Waals surface area contributed by atoms with Gasteiger partial charge in [0.1, 0.15) is 5.69 Å². The zero-order valence-electron chi connectivity index (χ0n) is 13.0. The summed E-state index contributed by atoms with van der Waals surface area (Å²) in [5, 5.41) is 3.03. The van der Waals surface area contributed by atoms with E-state index in [1.165, 1.54) is 12.8 Å². The van der Waals surface area contributed by atoms with Crippen molar-refractivity contribution in [2.75, 3.05) is 19.6 Å². The topological polar surface area (TPSA) is 62.3 Å². The zero-order chi connectivity index (χ0) is 15.5. The van der Waals surface area contributed by atoms with E-state index in [1.807, 2.05) is 19.1 Å². The molecule has 1 N–H and O–H groups in total. The van der Waals surface area contributed by atoms with Gasteiger partial charge in [-0.25, -0.2) is 4.98 Å². The molecule has 0 aromatic carbocycles. The maximum absolute atomic E-state index is 12.5. The molecule has 1 atom stereocenters. The summed E-state index contributed by atoms with van der Waals surface area (Å²) < 4.78 is 0. The number of nitrogens with one attached hydrogen (secondary N) is 1. The second kappa shape index (κ2) is 6.46. The van der Waals surface area contributed by atoms with Crippen LogP contribution in [0.1, 0.15) is 41.9 Å². The smallest absolute Gasteiger partial charge is 0.272 e. The molecule has 0 bridgehead atoms. The van der Waals surface area contributed by atoms with E-state index >= 15 is 0 Å². The first-order valence-electron chi connectivity index (χ1n) is 8.14. The Morgan fingerprint density at radius 3 is 2.86 bits per heavy atom. The lowest BCUT2D eigenvalue weighted by molar-refractivity contribution is -0.126. The van der Waals surface area contributed by atoms with E-state index in [0.717, 1.165) is 25.1 Å². The van der Waals surface area contributed by atoms with Gasteiger partial charge in [0, 0.05) is 25.3 Å². The van der Waals surface area contributed by atoms with Gasteiger partial charge in [-0.2, -0.15) is 0 Å². The van der Waals surface area contributed by atoms with Crippen LogP contribution >= 0.6 is 0 Å². The Morgan fingerprint density at radius 2 is 2.14 bits per heavy atom. The van der Waals surface area contributed by atoms with Gasteiger partial charge in [-0.15, -0.1) is 0 Å². The van der Waals surface area contributed by atoms with Crippen molar-refractivity contribution < 1.29 is 9.59 Å². The lowest BCUT2D eigenvalue weighted by Gasteiger charge is -2.32. The molecule has 1 aliphatic heterocycles. The van der Waals surface area contributed by atoms with Crippen LogP contribution < -0.4 is 5.32 Å². The molecule has 1 aliphatic carbocycles. The molecule has 0 unspecified atom stereocenters. The molecule has 0 spiro atoms. The van der Waals surface area contributed by atoms with E-state index in [0.29, 0.717) is 24.7 Å². The number of rotatable bonds is 4. The van der Waals surface area contributed by atoms with Crippen molar-refractivity contribution in [3.63, 3.8) is 0 Å². The summed E-state index contributed by atoms with van der Waals surface area (Å²) in [6, 6.07) is 5.46. The molecule has 1 saturated heterocycles. The van der Waals surface area contributed by atoms with Crippen LogP contribution in [0.3, 0.4) is 0 Å². The molecule has 118 valence electrons. The monoisotopic (exact) mass is 301 g/mol. The number of aromatic nitrogens is 1. The highest BCUT2D eigenvalue weighted by Crippen LogP contribution is 2.28. The Hall–Kier alpha value is -1.91. The van der Waals surface area contributed by atoms with Crippen molar-refractivity contribution in [2.45, 2.75) is 32.6 Å². The number of likely N-dealkylation sites (tertiary alicyclic amines) is 1. The summed E-state index contributed by atoms with van der Waals surface area (Å²) in [4.78, 5) is 30.8. The lowest BCUT2D eigenvalue weighted by Crippen LogP contribution is -2.46. The predicted molar refractivity (Wildman–Crippen MR) is 83.3 cm³/mol. The van der Waals surface area contributed by atoms with Gasteiger partial charge in [0.2, 0.25) is 5.91 Å². The molecular formula is C17H23N3O2. The van der Waals surface area contributed by atoms with Crippen LogP contribution in [-0.2, 0) is 4.79 Å². The Kier molecular flexibility index (Phi) is 4.41. The minimum absolute atomic E-state index is 0.0663. The van der Waals surface area contributed by atoms with E-state index in [-0.39, 0.29) is 17.7 Å². The standard InChI is InChI=1S/C17H23N3O2/c1-12-4-2-6-15(19-12)17(22)20-9-3-5-14(11-20)16(21)18-10-13-7-8-13/h2,4,6,13-14H,3,5,7-11H2,1H3,(H,18,21)/t14-/m1/s1. The second-order valence-corrected chi connectivity index (χ2v) is 6.44. The van der Waals surface area contributed by atoms with E-state index in [1.54, 1.807) is 11.0 Å². The Labute approximate surface area is 131 Å². The third-order valence-corrected chi connectivity index (χ3v) is 4.45. The van der Waals surface area contributed by atoms with Gasteiger partial charge in [-0.3, -0.25) is 9.59 Å². The van der Waals surface area contributed by atoms with Gasteiger partial charge in [0.25, 0.3) is 5.91 Å². The van der Waals surface area contributed by atoms with Gasteiger partial charge in [0.15, 0.2) is 0 Å². The highest BCUT2D eigenvalue weighted by atomic mass is 16.2. The maximum Gasteiger partial charge on any atom is 0.272 e. The molecule has 2 aliphatic rings. The molecule has 5 nitrogen and oxygen atoms in total. The normalized spacial score (nSPS) is 21.5. The average molecular weight is 301 g/mol. The molecule has 3 rings (SSSR count). The first-order valence-corrected chi connectivity index (χ1v) is 8.14. The van der Waals surface area contributed by atoms with Crippen LogP contribution in [0.5, 0.6) is 0 Å². The van der Waals surface area contributed by atoms with Crippen LogP contribution in [0.4, 0.5) is 0 Å².